The molecule has 2 heteroatoms. The van der Waals surface area contributed by atoms with Gasteiger partial charge in [0.2, 0.25) is 0 Å². The Morgan fingerprint density at radius 1 is 0.941 bits per heavy atom. The predicted octanol–water partition coefficient (Wildman–Crippen LogP) is 4.18. The Morgan fingerprint density at radius 3 is 2.29 bits per heavy atom. The van der Waals surface area contributed by atoms with Crippen molar-refractivity contribution in [2.75, 3.05) is 0 Å². The van der Waals surface area contributed by atoms with Crippen molar-refractivity contribution in [3.05, 3.63) is 0 Å². The number of hydrogen-bond donors (Lipinski definition) is 0. The Bertz CT molecular complexity index is 330. The Hall–Kier alpha value is -1.02. The number of nitrogens with zero attached hydrogens (tertiary/aromatic N) is 2. The highest BCUT2D eigenvalue weighted by atomic mass is 14.5. The molecule has 0 bridgehead atoms. The van der Waals surface area contributed by atoms with Gasteiger partial charge in [0.15, 0.2) is 0 Å². The monoisotopic (exact) mass is 230 g/mol. The molecule has 0 aliphatic heterocycles. The molecule has 0 aromatic heterocycles. The third-order valence-corrected chi connectivity index (χ3v) is 4.93. The predicted molar refractivity (Wildman–Crippen MR) is 66.8 cm³/mol. The van der Waals surface area contributed by atoms with E-state index in [-0.39, 0.29) is 5.41 Å². The molecule has 0 spiro atoms. The van der Waals surface area contributed by atoms with E-state index in [2.05, 4.69) is 12.1 Å². The average Bonchev–Trinajstić information content (AvgIpc) is 2.40. The lowest BCUT2D eigenvalue weighted by Crippen LogP contribution is -2.38. The zero-order valence-corrected chi connectivity index (χ0v) is 10.6. The first-order valence-corrected chi connectivity index (χ1v) is 7.10. The van der Waals surface area contributed by atoms with Gasteiger partial charge in [-0.1, -0.05) is 44.9 Å². The zero-order valence-electron chi connectivity index (χ0n) is 10.6. The van der Waals surface area contributed by atoms with E-state index in [1.165, 1.54) is 44.9 Å². The molecule has 2 nitrogen and oxygen atoms in total. The summed E-state index contributed by atoms with van der Waals surface area (Å²) in [5.41, 5.74) is -0.311. The van der Waals surface area contributed by atoms with Crippen LogP contribution >= 0.6 is 0 Å². The SMILES string of the molecule is N#CC[C@@]1(C#N)CCCC[C@@H]1C1CCCCC1. The quantitative estimate of drug-likeness (QED) is 0.714. The average molecular weight is 230 g/mol. The fraction of sp³-hybridized carbons (Fsp3) is 0.867. The van der Waals surface area contributed by atoms with Gasteiger partial charge in [-0.15, -0.1) is 0 Å². The third-order valence-electron chi connectivity index (χ3n) is 4.93. The molecular formula is C15H22N2. The Kier molecular flexibility index (Phi) is 4.06. The maximum absolute atomic E-state index is 9.57. The van der Waals surface area contributed by atoms with Crippen molar-refractivity contribution in [3.63, 3.8) is 0 Å². The topological polar surface area (TPSA) is 47.6 Å². The van der Waals surface area contributed by atoms with Crippen LogP contribution in [0.25, 0.3) is 0 Å². The summed E-state index contributed by atoms with van der Waals surface area (Å²) in [6, 6.07) is 4.82. The number of hydrogen-bond acceptors (Lipinski definition) is 2. The first-order chi connectivity index (χ1) is 8.32. The van der Waals surface area contributed by atoms with Gasteiger partial charge in [-0.3, -0.25) is 0 Å². The van der Waals surface area contributed by atoms with E-state index in [1.807, 2.05) is 0 Å². The van der Waals surface area contributed by atoms with Crippen LogP contribution in [0.5, 0.6) is 0 Å². The van der Waals surface area contributed by atoms with Crippen LogP contribution in [0.4, 0.5) is 0 Å². The van der Waals surface area contributed by atoms with Gasteiger partial charge in [-0.05, 0) is 24.7 Å². The summed E-state index contributed by atoms with van der Waals surface area (Å²) in [5.74, 6) is 1.22. The number of nitriles is 2. The van der Waals surface area contributed by atoms with Crippen LogP contribution in [0.3, 0.4) is 0 Å². The molecule has 0 unspecified atom stereocenters. The molecule has 2 rings (SSSR count). The van der Waals surface area contributed by atoms with E-state index in [1.54, 1.807) is 0 Å². The smallest absolute Gasteiger partial charge is 0.0734 e. The molecule has 2 fully saturated rings. The lowest BCUT2D eigenvalue weighted by atomic mass is 9.59. The van der Waals surface area contributed by atoms with Gasteiger partial charge in [-0.25, -0.2) is 0 Å². The minimum Gasteiger partial charge on any atom is -0.198 e. The largest absolute Gasteiger partial charge is 0.198 e. The molecule has 0 N–H and O–H groups in total. The van der Waals surface area contributed by atoms with Gasteiger partial charge in [0, 0.05) is 0 Å². The summed E-state index contributed by atoms with van der Waals surface area (Å²) in [4.78, 5) is 0. The Morgan fingerprint density at radius 2 is 1.65 bits per heavy atom. The van der Waals surface area contributed by atoms with Crippen molar-refractivity contribution in [2.24, 2.45) is 17.3 Å². The molecule has 0 heterocycles. The summed E-state index contributed by atoms with van der Waals surface area (Å²) < 4.78 is 0. The van der Waals surface area contributed by atoms with E-state index in [9.17, 15) is 5.26 Å². The lowest BCUT2D eigenvalue weighted by molar-refractivity contribution is 0.0798. The molecule has 2 aliphatic carbocycles. The van der Waals surface area contributed by atoms with Gasteiger partial charge in [0.25, 0.3) is 0 Å². The van der Waals surface area contributed by atoms with E-state index in [0.29, 0.717) is 12.3 Å². The van der Waals surface area contributed by atoms with Crippen LogP contribution in [0.2, 0.25) is 0 Å². The fourth-order valence-electron chi connectivity index (χ4n) is 4.03. The first kappa shape index (κ1) is 12.4. The van der Waals surface area contributed by atoms with E-state index in [4.69, 9.17) is 5.26 Å². The van der Waals surface area contributed by atoms with Crippen LogP contribution in [0.15, 0.2) is 0 Å². The van der Waals surface area contributed by atoms with Gasteiger partial charge >= 0.3 is 0 Å². The minimum absolute atomic E-state index is 0.311. The van der Waals surface area contributed by atoms with Gasteiger partial charge < -0.3 is 0 Å². The molecule has 2 saturated carbocycles. The van der Waals surface area contributed by atoms with Crippen molar-refractivity contribution in [3.8, 4) is 12.1 Å². The maximum atomic E-state index is 9.57. The highest BCUT2D eigenvalue weighted by Crippen LogP contribution is 2.50. The van der Waals surface area contributed by atoms with Crippen LogP contribution < -0.4 is 0 Å². The summed E-state index contributed by atoms with van der Waals surface area (Å²) in [6.45, 7) is 0. The van der Waals surface area contributed by atoms with Crippen molar-refractivity contribution in [1.82, 2.24) is 0 Å². The minimum atomic E-state index is -0.311. The Labute approximate surface area is 105 Å². The second-order valence-corrected chi connectivity index (χ2v) is 5.85. The molecule has 92 valence electrons. The molecule has 17 heavy (non-hydrogen) atoms. The summed E-state index contributed by atoms with van der Waals surface area (Å²) in [5, 5.41) is 18.6. The molecular weight excluding hydrogens is 208 g/mol. The summed E-state index contributed by atoms with van der Waals surface area (Å²) in [6.07, 6.45) is 11.6. The molecule has 2 aliphatic rings. The van der Waals surface area contributed by atoms with Crippen molar-refractivity contribution in [2.45, 2.75) is 64.2 Å². The second-order valence-electron chi connectivity index (χ2n) is 5.85. The molecule has 0 aromatic carbocycles. The highest BCUT2D eigenvalue weighted by molar-refractivity contribution is 5.10. The van der Waals surface area contributed by atoms with Crippen LogP contribution in [0.1, 0.15) is 64.2 Å². The van der Waals surface area contributed by atoms with E-state index in [0.717, 1.165) is 18.8 Å². The maximum Gasteiger partial charge on any atom is 0.0734 e. The Balaban J connectivity index is 2.16. The van der Waals surface area contributed by atoms with Gasteiger partial charge in [-0.2, -0.15) is 10.5 Å². The second kappa shape index (κ2) is 5.54. The zero-order chi connectivity index (χ0) is 12.1. The van der Waals surface area contributed by atoms with E-state index >= 15 is 0 Å². The summed E-state index contributed by atoms with van der Waals surface area (Å²) >= 11 is 0. The highest BCUT2D eigenvalue weighted by Gasteiger charge is 2.44. The van der Waals surface area contributed by atoms with Gasteiger partial charge in [0.05, 0.1) is 24.0 Å². The van der Waals surface area contributed by atoms with Crippen LogP contribution in [-0.4, -0.2) is 0 Å². The molecule has 2 atom stereocenters. The normalized spacial score (nSPS) is 34.8. The fourth-order valence-corrected chi connectivity index (χ4v) is 4.03. The van der Waals surface area contributed by atoms with Crippen molar-refractivity contribution < 1.29 is 0 Å². The van der Waals surface area contributed by atoms with Crippen LogP contribution in [0, 0.1) is 39.9 Å². The molecule has 0 saturated heterocycles. The first-order valence-electron chi connectivity index (χ1n) is 7.10. The van der Waals surface area contributed by atoms with Crippen molar-refractivity contribution >= 4 is 0 Å². The summed E-state index contributed by atoms with van der Waals surface area (Å²) in [7, 11) is 0. The number of rotatable bonds is 2. The van der Waals surface area contributed by atoms with E-state index < -0.39 is 0 Å². The molecule has 0 aromatic rings. The third kappa shape index (κ3) is 2.47. The van der Waals surface area contributed by atoms with Crippen molar-refractivity contribution in [1.29, 1.82) is 10.5 Å². The lowest BCUT2D eigenvalue weighted by Gasteiger charge is -2.43. The standard InChI is InChI=1S/C15H22N2/c16-11-10-15(12-17)9-5-4-8-14(15)13-6-2-1-3-7-13/h13-14H,1-10H2/t14-,15-/m1/s1. The molecule has 0 radical (unpaired) electrons. The van der Waals surface area contributed by atoms with Gasteiger partial charge in [0.1, 0.15) is 0 Å². The molecule has 0 amide bonds. The van der Waals surface area contributed by atoms with Crippen LogP contribution in [-0.2, 0) is 0 Å².